The molecule has 0 aliphatic rings. The van der Waals surface area contributed by atoms with Gasteiger partial charge in [0.2, 0.25) is 0 Å². The third-order valence-electron chi connectivity index (χ3n) is 0.816. The maximum atomic E-state index is 4.83. The molecular weight excluding hydrogens is 302 g/mol. The summed E-state index contributed by atoms with van der Waals surface area (Å²) in [5, 5.41) is 0. The average molecular weight is 322 g/mol. The molecule has 6 heteroatoms. The molecule has 0 saturated carbocycles. The van der Waals surface area contributed by atoms with Gasteiger partial charge in [-0.05, 0) is 27.7 Å². The number of hydrogen-bond donors (Lipinski definition) is 0. The van der Waals surface area contributed by atoms with Crippen LogP contribution in [0.2, 0.25) is 0 Å². The molecule has 0 amide bonds. The largest absolute Gasteiger partial charge is 1.00 e. The molecule has 0 heterocycles. The molecule has 2 nitrogen and oxygen atoms in total. The van der Waals surface area contributed by atoms with Crippen LogP contribution in [-0.4, -0.2) is 26.4 Å². The summed E-state index contributed by atoms with van der Waals surface area (Å²) in [7, 11) is 0. The molecule has 0 aromatic rings. The second kappa shape index (κ2) is 45.8. The van der Waals surface area contributed by atoms with Crippen LogP contribution in [0, 0.1) is 0 Å². The van der Waals surface area contributed by atoms with E-state index in [-0.39, 0.29) is 71.7 Å². The minimum atomic E-state index is 0. The fraction of sp³-hybridized carbons (Fsp3) is 1.00. The Morgan fingerprint density at radius 2 is 0.714 bits per heavy atom. The molecule has 14 heavy (non-hydrogen) atoms. The topological polar surface area (TPSA) is 18.5 Å². The fourth-order valence-corrected chi connectivity index (χ4v) is 0.408. The Kier molecular flexibility index (Phi) is 118. The zero-order valence-corrected chi connectivity index (χ0v) is 13.6. The first-order valence-electron chi connectivity index (χ1n) is 3.98. The Balaban J connectivity index is -0.0000000178. The van der Waals surface area contributed by atoms with Crippen LogP contribution >= 0.6 is 0 Å². The second-order valence-electron chi connectivity index (χ2n) is 1.56. The monoisotopic (exact) mass is 320 g/mol. The quantitative estimate of drug-likeness (QED) is 0.479. The normalized spacial score (nSPS) is 6.00. The zero-order chi connectivity index (χ0) is 8.24. The van der Waals surface area contributed by atoms with Crippen molar-refractivity contribution < 1.29 is 81.2 Å². The predicted octanol–water partition coefficient (Wildman–Crippen LogP) is -9.90. The smallest absolute Gasteiger partial charge is 1.00 e. The van der Waals surface area contributed by atoms with E-state index in [9.17, 15) is 0 Å². The molecule has 0 aliphatic carbocycles. The molecule has 0 radical (unpaired) electrons. The molecule has 0 atom stereocenters. The van der Waals surface area contributed by atoms with E-state index in [2.05, 4.69) is 0 Å². The van der Waals surface area contributed by atoms with Crippen molar-refractivity contribution in [3.05, 3.63) is 0 Å². The van der Waals surface area contributed by atoms with Gasteiger partial charge in [0.25, 0.3) is 0 Å². The maximum Gasteiger partial charge on any atom is 1.00 e. The molecule has 0 saturated heterocycles. The van der Waals surface area contributed by atoms with Crippen LogP contribution in [0.4, 0.5) is 0 Å². The van der Waals surface area contributed by atoms with Gasteiger partial charge in [0.05, 0.1) is 0 Å². The van der Waals surface area contributed by atoms with Crippen molar-refractivity contribution in [3.8, 4) is 0 Å². The Morgan fingerprint density at radius 3 is 0.714 bits per heavy atom. The third kappa shape index (κ3) is 65.2. The van der Waals surface area contributed by atoms with Gasteiger partial charge >= 0.3 is 37.7 Å². The van der Waals surface area contributed by atoms with Crippen LogP contribution in [0.25, 0.3) is 0 Å². The van der Waals surface area contributed by atoms with E-state index < -0.39 is 0 Å². The Bertz CT molecular complexity index is 44.3. The van der Waals surface area contributed by atoms with Gasteiger partial charge < -0.3 is 43.4 Å². The number of hydrogen-bond acceptors (Lipinski definition) is 2. The Morgan fingerprint density at radius 1 is 0.571 bits per heavy atom. The van der Waals surface area contributed by atoms with E-state index in [0.717, 1.165) is 26.4 Å². The van der Waals surface area contributed by atoms with Gasteiger partial charge in [-0.3, -0.25) is 0 Å². The molecule has 80 valence electrons. The summed E-state index contributed by atoms with van der Waals surface area (Å²) < 4.78 is 9.67. The summed E-state index contributed by atoms with van der Waals surface area (Å²) in [6.07, 6.45) is 0. The summed E-state index contributed by atoms with van der Waals surface area (Å²) in [4.78, 5) is 0. The Hall–Kier alpha value is 2.07. The number of rotatable bonds is 4. The zero-order valence-electron chi connectivity index (χ0n) is 10.4. The first kappa shape index (κ1) is 36.0. The van der Waals surface area contributed by atoms with E-state index in [1.54, 1.807) is 0 Å². The molecule has 0 N–H and O–H groups in total. The van der Waals surface area contributed by atoms with Crippen molar-refractivity contribution in [1.29, 1.82) is 0 Å². The molecule has 0 rings (SSSR count). The predicted molar refractivity (Wildman–Crippen MR) is 44.3 cm³/mol. The van der Waals surface area contributed by atoms with Gasteiger partial charge in [0.1, 0.15) is 0 Å². The minimum Gasteiger partial charge on any atom is -1.00 e. The van der Waals surface area contributed by atoms with Crippen LogP contribution in [0.5, 0.6) is 0 Å². The van der Waals surface area contributed by atoms with E-state index in [0.29, 0.717) is 0 Å². The first-order chi connectivity index (χ1) is 4.83. The van der Waals surface area contributed by atoms with Crippen molar-refractivity contribution in [3.63, 3.8) is 0 Å². The van der Waals surface area contributed by atoms with Crippen LogP contribution in [0.15, 0.2) is 0 Å². The fourth-order valence-electron chi connectivity index (χ4n) is 0.408. The minimum absolute atomic E-state index is 0. The summed E-state index contributed by atoms with van der Waals surface area (Å²) in [6.45, 7) is 11.3. The van der Waals surface area contributed by atoms with Gasteiger partial charge in [0.15, 0.2) is 0 Å². The summed E-state index contributed by atoms with van der Waals surface area (Å²) in [6, 6.07) is 0. The van der Waals surface area contributed by atoms with Crippen molar-refractivity contribution in [2.75, 3.05) is 26.4 Å². The number of ether oxygens (including phenoxy) is 2. The van der Waals surface area contributed by atoms with Crippen molar-refractivity contribution >= 4 is 0 Å². The van der Waals surface area contributed by atoms with Crippen molar-refractivity contribution in [1.82, 2.24) is 0 Å². The van der Waals surface area contributed by atoms with Crippen LogP contribution < -0.4 is 71.7 Å². The van der Waals surface area contributed by atoms with E-state index in [4.69, 9.17) is 9.47 Å². The molecular formula is C8H20Br2Li2O2. The van der Waals surface area contributed by atoms with Gasteiger partial charge in [-0.2, -0.15) is 0 Å². The summed E-state index contributed by atoms with van der Waals surface area (Å²) >= 11 is 0. The van der Waals surface area contributed by atoms with Gasteiger partial charge in [0, 0.05) is 26.4 Å². The van der Waals surface area contributed by atoms with Crippen molar-refractivity contribution in [2.24, 2.45) is 0 Å². The van der Waals surface area contributed by atoms with E-state index in [1.165, 1.54) is 0 Å². The maximum absolute atomic E-state index is 4.83. The van der Waals surface area contributed by atoms with E-state index >= 15 is 0 Å². The van der Waals surface area contributed by atoms with E-state index in [1.807, 2.05) is 27.7 Å². The first-order valence-corrected chi connectivity index (χ1v) is 3.98. The molecule has 0 aliphatic heterocycles. The standard InChI is InChI=1S/2C4H10O.2BrH.2Li/c2*1-3-5-4-2;;;;/h2*3-4H2,1-2H3;2*1H;;/q;;;;2*+1/p-2. The Labute approximate surface area is 134 Å². The average Bonchev–Trinajstić information content (AvgIpc) is 1.93. The summed E-state index contributed by atoms with van der Waals surface area (Å²) in [5.41, 5.74) is 0. The van der Waals surface area contributed by atoms with Gasteiger partial charge in [-0.25, -0.2) is 0 Å². The number of halogens is 2. The summed E-state index contributed by atoms with van der Waals surface area (Å²) in [5.74, 6) is 0. The van der Waals surface area contributed by atoms with Gasteiger partial charge in [-0.1, -0.05) is 0 Å². The molecule has 0 unspecified atom stereocenters. The molecule has 0 aromatic carbocycles. The van der Waals surface area contributed by atoms with Gasteiger partial charge in [-0.15, -0.1) is 0 Å². The molecule has 0 fully saturated rings. The third-order valence-corrected chi connectivity index (χ3v) is 0.816. The molecule has 0 spiro atoms. The van der Waals surface area contributed by atoms with Crippen LogP contribution in [-0.2, 0) is 9.47 Å². The second-order valence-corrected chi connectivity index (χ2v) is 1.56. The van der Waals surface area contributed by atoms with Crippen molar-refractivity contribution in [2.45, 2.75) is 27.7 Å². The van der Waals surface area contributed by atoms with Crippen LogP contribution in [0.1, 0.15) is 27.7 Å². The van der Waals surface area contributed by atoms with Crippen LogP contribution in [0.3, 0.4) is 0 Å². The molecule has 0 aromatic heterocycles. The molecule has 0 bridgehead atoms. The SMILES string of the molecule is CCOCC.CCOCC.[Br-].[Br-].[Li+].[Li+].